The van der Waals surface area contributed by atoms with Crippen LogP contribution >= 0.6 is 46.1 Å². The van der Waals surface area contributed by atoms with E-state index in [-0.39, 0.29) is 17.7 Å². The number of hydrogen-bond donors (Lipinski definition) is 0. The maximum absolute atomic E-state index is 13.8. The number of hydrazone groups is 1. The summed E-state index contributed by atoms with van der Waals surface area (Å²) in [6, 6.07) is 20.0. The Morgan fingerprint density at radius 3 is 2.23 bits per heavy atom. The third-order valence-corrected chi connectivity index (χ3v) is 7.00. The van der Waals surface area contributed by atoms with Gasteiger partial charge in [0.05, 0.1) is 22.3 Å². The number of halogens is 6. The molecule has 0 bridgehead atoms. The molecular weight excluding hydrogens is 600 g/mol. The highest BCUT2D eigenvalue weighted by molar-refractivity contribution is 7.13. The normalized spacial score (nSPS) is 15.4. The summed E-state index contributed by atoms with van der Waals surface area (Å²) in [6.07, 6.45) is -0.196. The summed E-state index contributed by atoms with van der Waals surface area (Å²) in [6.45, 7) is 4.01. The zero-order chi connectivity index (χ0) is 28.9. The van der Waals surface area contributed by atoms with E-state index >= 15 is 0 Å². The smallest absolute Gasteiger partial charge is 0.223 e. The lowest BCUT2D eigenvalue weighted by atomic mass is 9.97. The van der Waals surface area contributed by atoms with Crippen LogP contribution in [0.5, 0.6) is 0 Å². The van der Waals surface area contributed by atoms with Gasteiger partial charge >= 0.3 is 6.18 Å². The second kappa shape index (κ2) is 13.2. The summed E-state index contributed by atoms with van der Waals surface area (Å²) in [7, 11) is 0. The molecule has 208 valence electrons. The molecule has 0 aliphatic carbocycles. The molecule has 0 radical (unpaired) electrons. The molecule has 3 heterocycles. The van der Waals surface area contributed by atoms with Crippen molar-refractivity contribution in [3.05, 3.63) is 106 Å². The Kier molecular flexibility index (Phi) is 9.90. The minimum absolute atomic E-state index is 0.0687. The van der Waals surface area contributed by atoms with Crippen LogP contribution in [0.1, 0.15) is 40.4 Å². The highest BCUT2D eigenvalue weighted by atomic mass is 35.6. The van der Waals surface area contributed by atoms with Crippen LogP contribution in [0.15, 0.2) is 83.3 Å². The van der Waals surface area contributed by atoms with Gasteiger partial charge in [-0.25, -0.2) is 15.0 Å². The largest absolute Gasteiger partial charge is 0.433 e. The number of aromatic nitrogens is 2. The number of benzene rings is 2. The summed E-state index contributed by atoms with van der Waals surface area (Å²) < 4.78 is 40.7. The molecule has 1 aliphatic heterocycles. The van der Waals surface area contributed by atoms with Crippen LogP contribution in [-0.4, -0.2) is 20.0 Å². The topological polar surface area (TPSA) is 41.4 Å². The summed E-state index contributed by atoms with van der Waals surface area (Å²) in [5.74, 6) is -0.0687. The summed E-state index contributed by atoms with van der Waals surface area (Å²) in [5.41, 5.74) is 4.16. The lowest BCUT2D eigenvalue weighted by Gasteiger charge is -2.24. The molecule has 0 saturated heterocycles. The summed E-state index contributed by atoms with van der Waals surface area (Å²) in [5, 5.41) is 8.06. The first-order valence-electron chi connectivity index (χ1n) is 12.1. The van der Waals surface area contributed by atoms with Crippen LogP contribution in [0.3, 0.4) is 0 Å². The summed E-state index contributed by atoms with van der Waals surface area (Å²) in [4.78, 5) is 9.11. The first-order chi connectivity index (χ1) is 19.0. The Morgan fingerprint density at radius 1 is 0.925 bits per heavy atom. The second-order valence-electron chi connectivity index (χ2n) is 8.86. The SMILES string of the molecule is Cc1ccccc1/C=C/C1=NN(c2nc(-c3cccs3)cc(C(F)(F)F)n2)[C@H](c2ccccc2C)C1.ClC(Cl)Cl. The zero-order valence-electron chi connectivity index (χ0n) is 21.4. The van der Waals surface area contributed by atoms with Gasteiger partial charge in [0.25, 0.3) is 0 Å². The Labute approximate surface area is 249 Å². The van der Waals surface area contributed by atoms with Gasteiger partial charge in [0.2, 0.25) is 5.95 Å². The third kappa shape index (κ3) is 7.63. The van der Waals surface area contributed by atoms with E-state index < -0.39 is 16.2 Å². The van der Waals surface area contributed by atoms with E-state index in [1.54, 1.807) is 12.1 Å². The molecule has 4 aromatic rings. The summed E-state index contributed by atoms with van der Waals surface area (Å²) >= 11 is 15.7. The van der Waals surface area contributed by atoms with Gasteiger partial charge in [0.1, 0.15) is 0 Å². The van der Waals surface area contributed by atoms with Gasteiger partial charge in [0.15, 0.2) is 9.99 Å². The van der Waals surface area contributed by atoms with Crippen LogP contribution in [0, 0.1) is 13.8 Å². The molecule has 0 fully saturated rings. The van der Waals surface area contributed by atoms with E-state index in [2.05, 4.69) is 9.97 Å². The average molecular weight is 624 g/mol. The van der Waals surface area contributed by atoms with Gasteiger partial charge in [-0.3, -0.25) is 0 Å². The molecule has 1 atom stereocenters. The minimum atomic E-state index is -4.61. The van der Waals surface area contributed by atoms with Crippen molar-refractivity contribution in [2.75, 3.05) is 5.01 Å². The van der Waals surface area contributed by atoms with Crippen LogP contribution in [-0.2, 0) is 6.18 Å². The van der Waals surface area contributed by atoms with Gasteiger partial charge in [-0.1, -0.05) is 95.5 Å². The first kappa shape index (κ1) is 30.1. The highest BCUT2D eigenvalue weighted by Crippen LogP contribution is 2.39. The zero-order valence-corrected chi connectivity index (χ0v) is 24.5. The number of hydrogen-bond acceptors (Lipinski definition) is 5. The number of rotatable bonds is 5. The van der Waals surface area contributed by atoms with Crippen LogP contribution < -0.4 is 5.01 Å². The van der Waals surface area contributed by atoms with Gasteiger partial charge in [-0.15, -0.1) is 11.3 Å². The van der Waals surface area contributed by atoms with Crippen molar-refractivity contribution < 1.29 is 13.2 Å². The molecule has 0 saturated carbocycles. The maximum atomic E-state index is 13.8. The van der Waals surface area contributed by atoms with Gasteiger partial charge in [0, 0.05) is 6.42 Å². The highest BCUT2D eigenvalue weighted by Gasteiger charge is 2.37. The Hall–Kier alpha value is -2.91. The molecule has 0 unspecified atom stereocenters. The van der Waals surface area contributed by atoms with Crippen molar-refractivity contribution in [3.63, 3.8) is 0 Å². The molecule has 0 amide bonds. The fourth-order valence-corrected chi connectivity index (χ4v) is 4.90. The maximum Gasteiger partial charge on any atom is 0.433 e. The number of alkyl halides is 6. The predicted molar refractivity (Wildman–Crippen MR) is 160 cm³/mol. The lowest BCUT2D eigenvalue weighted by molar-refractivity contribution is -0.141. The standard InChI is InChI=1S/C28H23F3N4S.CHCl3/c1-18-8-3-5-10-20(18)13-14-21-16-24(22-11-6-4-9-19(22)2)35(34-21)27-32-23(25-12-7-15-36-25)17-26(33-27)28(29,30)31;2-1(3)4/h3-15,17,24H,16H2,1-2H3;1H/b14-13+;/t24-;/m0./s1. The van der Waals surface area contributed by atoms with Crippen molar-refractivity contribution in [1.82, 2.24) is 9.97 Å². The van der Waals surface area contributed by atoms with E-state index in [1.807, 2.05) is 79.9 Å². The van der Waals surface area contributed by atoms with Crippen molar-refractivity contribution in [2.24, 2.45) is 5.10 Å². The van der Waals surface area contributed by atoms with Crippen molar-refractivity contribution in [3.8, 4) is 10.6 Å². The molecule has 5 rings (SSSR count). The average Bonchev–Trinajstić information content (AvgIpc) is 3.58. The van der Waals surface area contributed by atoms with Crippen molar-refractivity contribution >= 4 is 63.9 Å². The first-order valence-corrected chi connectivity index (χ1v) is 14.3. The second-order valence-corrected chi connectivity index (χ2v) is 11.8. The molecule has 1 aliphatic rings. The number of nitrogens with zero attached hydrogens (tertiary/aromatic N) is 4. The predicted octanol–water partition coefficient (Wildman–Crippen LogP) is 9.85. The molecule has 0 N–H and O–H groups in total. The van der Waals surface area contributed by atoms with Crippen LogP contribution in [0.4, 0.5) is 19.1 Å². The Bertz CT molecular complexity index is 1500. The fourth-order valence-electron chi connectivity index (χ4n) is 4.21. The molecule has 2 aromatic carbocycles. The van der Waals surface area contributed by atoms with E-state index in [9.17, 15) is 13.2 Å². The number of thiophene rings is 1. The van der Waals surface area contributed by atoms with Gasteiger partial charge in [-0.05, 0) is 59.7 Å². The number of aryl methyl sites for hydroxylation is 2. The minimum Gasteiger partial charge on any atom is -0.223 e. The lowest BCUT2D eigenvalue weighted by Crippen LogP contribution is -2.23. The third-order valence-electron chi connectivity index (χ3n) is 6.11. The Balaban J connectivity index is 0.000000867. The Morgan fingerprint density at radius 2 is 1.60 bits per heavy atom. The number of allylic oxidation sites excluding steroid dienone is 1. The van der Waals surface area contributed by atoms with E-state index in [0.717, 1.165) is 34.0 Å². The molecular formula is C29H24Cl3F3N4S. The molecule has 0 spiro atoms. The van der Waals surface area contributed by atoms with E-state index in [1.165, 1.54) is 16.3 Å². The molecule has 11 heteroatoms. The molecule has 40 heavy (non-hydrogen) atoms. The van der Waals surface area contributed by atoms with E-state index in [0.29, 0.717) is 11.3 Å². The molecule has 4 nitrogen and oxygen atoms in total. The number of anilines is 1. The monoisotopic (exact) mass is 622 g/mol. The van der Waals surface area contributed by atoms with Crippen LogP contribution in [0.2, 0.25) is 0 Å². The van der Waals surface area contributed by atoms with Crippen LogP contribution in [0.25, 0.3) is 16.6 Å². The quantitative estimate of drug-likeness (QED) is 0.208. The molecule has 2 aromatic heterocycles. The van der Waals surface area contributed by atoms with E-state index in [4.69, 9.17) is 39.9 Å². The van der Waals surface area contributed by atoms with Crippen molar-refractivity contribution in [1.29, 1.82) is 0 Å². The fraction of sp³-hybridized carbons (Fsp3) is 0.207. The van der Waals surface area contributed by atoms with Gasteiger partial charge in [-0.2, -0.15) is 18.3 Å². The van der Waals surface area contributed by atoms with Crippen molar-refractivity contribution in [2.45, 2.75) is 36.8 Å². The van der Waals surface area contributed by atoms with Gasteiger partial charge < -0.3 is 0 Å².